The molecule has 2 heterocycles. The Hall–Kier alpha value is -3.68. The second-order valence-electron chi connectivity index (χ2n) is 6.92. The molecular weight excluding hydrogens is 420 g/mol. The summed E-state index contributed by atoms with van der Waals surface area (Å²) in [5.41, 5.74) is 0.299. The van der Waals surface area contributed by atoms with Crippen molar-refractivity contribution in [3.8, 4) is 17.3 Å². The molecule has 3 rings (SSSR count). The van der Waals surface area contributed by atoms with Crippen LogP contribution < -0.4 is 5.32 Å². The number of alkyl halides is 4. The van der Waals surface area contributed by atoms with Crippen molar-refractivity contribution in [1.82, 2.24) is 15.2 Å². The molecule has 2 N–H and O–H groups in total. The third kappa shape index (κ3) is 4.91. The molecule has 1 saturated heterocycles. The minimum Gasteiger partial charge on any atom is -0.465 e. The van der Waals surface area contributed by atoms with Gasteiger partial charge < -0.3 is 10.4 Å². The van der Waals surface area contributed by atoms with E-state index in [4.69, 9.17) is 5.11 Å². The number of nitriles is 1. The van der Waals surface area contributed by atoms with Crippen LogP contribution in [0, 0.1) is 11.3 Å². The Morgan fingerprint density at radius 1 is 1.29 bits per heavy atom. The van der Waals surface area contributed by atoms with Gasteiger partial charge in [0.25, 0.3) is 0 Å². The molecular formula is C20H16F4N4O3. The maximum atomic E-state index is 13.6. The van der Waals surface area contributed by atoms with Crippen molar-refractivity contribution < 1.29 is 32.3 Å². The topological polar surface area (TPSA) is 106 Å². The molecule has 1 fully saturated rings. The second kappa shape index (κ2) is 8.59. The number of carboxylic acid groups (broad SMARTS) is 1. The van der Waals surface area contributed by atoms with Crippen molar-refractivity contribution in [2.45, 2.75) is 31.4 Å². The molecule has 11 heteroatoms. The number of hydrogen-bond acceptors (Lipinski definition) is 4. The van der Waals surface area contributed by atoms with Crippen molar-refractivity contribution in [2.24, 2.45) is 0 Å². The number of halogens is 4. The lowest BCUT2D eigenvalue weighted by Gasteiger charge is -2.20. The van der Waals surface area contributed by atoms with Crippen LogP contribution in [0.3, 0.4) is 0 Å². The van der Waals surface area contributed by atoms with Gasteiger partial charge in [0.05, 0.1) is 23.4 Å². The number of nitrogens with zero attached hydrogens (tertiary/aromatic N) is 3. The Bertz CT molecular complexity index is 1030. The van der Waals surface area contributed by atoms with Gasteiger partial charge in [-0.3, -0.25) is 14.7 Å². The number of carbonyl (C=O) groups is 2. The van der Waals surface area contributed by atoms with E-state index < -0.39 is 42.5 Å². The lowest BCUT2D eigenvalue weighted by atomic mass is 10.0. The summed E-state index contributed by atoms with van der Waals surface area (Å²) < 4.78 is 51.8. The van der Waals surface area contributed by atoms with Gasteiger partial charge in [0.1, 0.15) is 18.3 Å². The molecule has 2 unspecified atom stereocenters. The van der Waals surface area contributed by atoms with Gasteiger partial charge in [-0.2, -0.15) is 18.4 Å². The first-order chi connectivity index (χ1) is 14.6. The summed E-state index contributed by atoms with van der Waals surface area (Å²) in [5.74, 6) is -0.709. The number of hydrogen-bond donors (Lipinski definition) is 2. The van der Waals surface area contributed by atoms with Gasteiger partial charge in [-0.15, -0.1) is 0 Å². The van der Waals surface area contributed by atoms with Crippen LogP contribution in [0.25, 0.3) is 11.3 Å². The van der Waals surface area contributed by atoms with E-state index in [0.717, 1.165) is 12.1 Å². The van der Waals surface area contributed by atoms with Crippen LogP contribution in [-0.2, 0) is 17.5 Å². The molecule has 0 saturated carbocycles. The largest absolute Gasteiger partial charge is 0.465 e. The average molecular weight is 436 g/mol. The van der Waals surface area contributed by atoms with E-state index in [1.54, 1.807) is 0 Å². The number of rotatable bonds is 4. The molecule has 1 aromatic heterocycles. The molecule has 7 nitrogen and oxygen atoms in total. The molecule has 0 radical (unpaired) electrons. The van der Waals surface area contributed by atoms with Gasteiger partial charge in [-0.1, -0.05) is 12.1 Å². The number of amides is 2. The van der Waals surface area contributed by atoms with Crippen molar-refractivity contribution in [3.63, 3.8) is 0 Å². The monoisotopic (exact) mass is 436 g/mol. The van der Waals surface area contributed by atoms with Crippen molar-refractivity contribution >= 4 is 12.0 Å². The molecule has 1 aromatic carbocycles. The highest BCUT2D eigenvalue weighted by Crippen LogP contribution is 2.31. The number of aromatic nitrogens is 1. The zero-order valence-corrected chi connectivity index (χ0v) is 15.9. The van der Waals surface area contributed by atoms with Crippen molar-refractivity contribution in [2.75, 3.05) is 6.54 Å². The highest BCUT2D eigenvalue weighted by molar-refractivity contribution is 5.86. The average Bonchev–Trinajstić information content (AvgIpc) is 3.13. The van der Waals surface area contributed by atoms with E-state index in [-0.39, 0.29) is 24.2 Å². The van der Waals surface area contributed by atoms with Crippen LogP contribution in [0.1, 0.15) is 23.1 Å². The minimum absolute atomic E-state index is 0.126. The maximum Gasteiger partial charge on any atom is 0.416 e. The van der Waals surface area contributed by atoms with Crippen LogP contribution in [0.4, 0.5) is 22.4 Å². The van der Waals surface area contributed by atoms with Gasteiger partial charge in [-0.05, 0) is 23.8 Å². The van der Waals surface area contributed by atoms with Crippen LogP contribution in [0.2, 0.25) is 0 Å². The first-order valence-electron chi connectivity index (χ1n) is 9.08. The lowest BCUT2D eigenvalue weighted by Crippen LogP contribution is -2.45. The fourth-order valence-electron chi connectivity index (χ4n) is 3.28. The van der Waals surface area contributed by atoms with E-state index in [9.17, 15) is 32.4 Å². The first-order valence-corrected chi connectivity index (χ1v) is 9.08. The Labute approximate surface area is 173 Å². The number of benzene rings is 1. The summed E-state index contributed by atoms with van der Waals surface area (Å²) in [6.07, 6.45) is -6.38. The van der Waals surface area contributed by atoms with E-state index in [2.05, 4.69) is 10.3 Å². The number of pyridine rings is 1. The van der Waals surface area contributed by atoms with E-state index in [1.807, 2.05) is 6.07 Å². The number of carbonyl (C=O) groups excluding carboxylic acids is 1. The zero-order chi connectivity index (χ0) is 22.8. The molecule has 0 bridgehead atoms. The Balaban J connectivity index is 1.78. The Morgan fingerprint density at radius 2 is 1.97 bits per heavy atom. The summed E-state index contributed by atoms with van der Waals surface area (Å²) in [5, 5.41) is 20.9. The molecule has 2 atom stereocenters. The third-order valence-electron chi connectivity index (χ3n) is 4.87. The predicted molar refractivity (Wildman–Crippen MR) is 99.3 cm³/mol. The zero-order valence-electron chi connectivity index (χ0n) is 15.9. The first kappa shape index (κ1) is 22.0. The van der Waals surface area contributed by atoms with E-state index >= 15 is 0 Å². The van der Waals surface area contributed by atoms with Crippen molar-refractivity contribution in [1.29, 1.82) is 5.26 Å². The van der Waals surface area contributed by atoms with Crippen LogP contribution >= 0.6 is 0 Å². The quantitative estimate of drug-likeness (QED) is 0.715. The van der Waals surface area contributed by atoms with Gasteiger partial charge in [0.15, 0.2) is 0 Å². The van der Waals surface area contributed by atoms with E-state index in [0.29, 0.717) is 16.0 Å². The van der Waals surface area contributed by atoms with Crippen LogP contribution in [0.5, 0.6) is 0 Å². The smallest absolute Gasteiger partial charge is 0.416 e. The molecule has 2 amide bonds. The fraction of sp³-hybridized carbons (Fsp3) is 0.300. The normalized spacial score (nSPS) is 18.5. The standard InChI is InChI=1S/C20H16F4N4O3/c21-15-6-17(28(10-15)19(30)31)18(29)27-8-12-5-16(26-9-13(12)7-25)11-1-3-14(4-2-11)20(22,23)24/h1-5,9,15,17H,6,8,10H2,(H,27,29)(H,30,31). The van der Waals surface area contributed by atoms with Gasteiger partial charge in [-0.25, -0.2) is 9.18 Å². The lowest BCUT2D eigenvalue weighted by molar-refractivity contribution is -0.137. The third-order valence-corrected chi connectivity index (χ3v) is 4.87. The Kier molecular flexibility index (Phi) is 6.10. The summed E-state index contributed by atoms with van der Waals surface area (Å²) >= 11 is 0. The van der Waals surface area contributed by atoms with Gasteiger partial charge >= 0.3 is 12.3 Å². The highest BCUT2D eigenvalue weighted by Gasteiger charge is 2.39. The Morgan fingerprint density at radius 3 is 2.55 bits per heavy atom. The molecule has 0 spiro atoms. The fourth-order valence-corrected chi connectivity index (χ4v) is 3.28. The minimum atomic E-state index is -4.48. The van der Waals surface area contributed by atoms with Gasteiger partial charge in [0.2, 0.25) is 5.91 Å². The molecule has 1 aliphatic rings. The van der Waals surface area contributed by atoms with Crippen molar-refractivity contribution in [3.05, 3.63) is 53.2 Å². The molecule has 2 aromatic rings. The SMILES string of the molecule is N#Cc1cnc(-c2ccc(C(F)(F)F)cc2)cc1CNC(=O)C1CC(F)CN1C(=O)O. The van der Waals surface area contributed by atoms with Crippen LogP contribution in [0.15, 0.2) is 36.5 Å². The van der Waals surface area contributed by atoms with Crippen LogP contribution in [-0.4, -0.2) is 45.7 Å². The molecule has 162 valence electrons. The van der Waals surface area contributed by atoms with E-state index in [1.165, 1.54) is 24.4 Å². The highest BCUT2D eigenvalue weighted by atomic mass is 19.4. The predicted octanol–water partition coefficient (Wildman–Crippen LogP) is 3.35. The number of likely N-dealkylation sites (tertiary alicyclic amines) is 1. The molecule has 31 heavy (non-hydrogen) atoms. The summed E-state index contributed by atoms with van der Waals surface area (Å²) in [7, 11) is 0. The second-order valence-corrected chi connectivity index (χ2v) is 6.92. The van der Waals surface area contributed by atoms with Gasteiger partial charge in [0, 0.05) is 24.7 Å². The summed E-state index contributed by atoms with van der Waals surface area (Å²) in [6.45, 7) is -0.566. The molecule has 1 aliphatic heterocycles. The molecule has 0 aliphatic carbocycles. The maximum absolute atomic E-state index is 13.6. The number of nitrogens with one attached hydrogen (secondary N) is 1. The summed E-state index contributed by atoms with van der Waals surface area (Å²) in [4.78, 5) is 28.3. The summed E-state index contributed by atoms with van der Waals surface area (Å²) in [6, 6.07) is 6.46.